The van der Waals surface area contributed by atoms with Crippen LogP contribution in [0, 0.1) is 5.92 Å². The monoisotopic (exact) mass is 205 g/mol. The first kappa shape index (κ1) is 10.0. The second kappa shape index (κ2) is 4.34. The standard InChI is InChI=1S/C12H15NO2/c1-2-15-11-7-5-10(6-8-11)12(13-14)9-3-4-9/h5-9,14H,2-4H2,1H3/b13-12+. The molecule has 0 bridgehead atoms. The minimum Gasteiger partial charge on any atom is -0.494 e. The van der Waals surface area contributed by atoms with Gasteiger partial charge in [0.05, 0.1) is 12.3 Å². The normalized spacial score (nSPS) is 16.5. The summed E-state index contributed by atoms with van der Waals surface area (Å²) >= 11 is 0. The maximum absolute atomic E-state index is 8.92. The molecule has 2 rings (SSSR count). The number of hydrogen-bond acceptors (Lipinski definition) is 3. The van der Waals surface area contributed by atoms with Crippen LogP contribution >= 0.6 is 0 Å². The van der Waals surface area contributed by atoms with E-state index >= 15 is 0 Å². The Morgan fingerprint density at radius 2 is 2.07 bits per heavy atom. The molecule has 0 spiro atoms. The molecular weight excluding hydrogens is 190 g/mol. The van der Waals surface area contributed by atoms with Crippen LogP contribution in [-0.4, -0.2) is 17.5 Å². The molecule has 0 aromatic heterocycles. The third-order valence-corrected chi connectivity index (χ3v) is 2.53. The van der Waals surface area contributed by atoms with Gasteiger partial charge in [-0.15, -0.1) is 0 Å². The Morgan fingerprint density at radius 3 is 2.53 bits per heavy atom. The molecule has 1 N–H and O–H groups in total. The molecule has 1 aliphatic carbocycles. The summed E-state index contributed by atoms with van der Waals surface area (Å²) in [6, 6.07) is 7.70. The molecule has 0 radical (unpaired) electrons. The van der Waals surface area contributed by atoms with E-state index < -0.39 is 0 Å². The zero-order valence-corrected chi connectivity index (χ0v) is 8.81. The summed E-state index contributed by atoms with van der Waals surface area (Å²) in [7, 11) is 0. The molecule has 0 unspecified atom stereocenters. The number of hydrogen-bond donors (Lipinski definition) is 1. The molecule has 0 saturated heterocycles. The Morgan fingerprint density at radius 1 is 1.40 bits per heavy atom. The van der Waals surface area contributed by atoms with Crippen molar-refractivity contribution >= 4 is 5.71 Å². The summed E-state index contributed by atoms with van der Waals surface area (Å²) in [6.07, 6.45) is 2.26. The van der Waals surface area contributed by atoms with Crippen molar-refractivity contribution in [2.75, 3.05) is 6.61 Å². The second-order valence-corrected chi connectivity index (χ2v) is 3.72. The molecule has 15 heavy (non-hydrogen) atoms. The predicted molar refractivity (Wildman–Crippen MR) is 58.7 cm³/mol. The maximum atomic E-state index is 8.92. The zero-order valence-electron chi connectivity index (χ0n) is 8.81. The molecule has 1 fully saturated rings. The third-order valence-electron chi connectivity index (χ3n) is 2.53. The molecule has 0 heterocycles. The van der Waals surface area contributed by atoms with Gasteiger partial charge in [-0.1, -0.05) is 5.16 Å². The van der Waals surface area contributed by atoms with Crippen molar-refractivity contribution in [2.45, 2.75) is 19.8 Å². The fourth-order valence-corrected chi connectivity index (χ4v) is 1.62. The lowest BCUT2D eigenvalue weighted by atomic mass is 10.1. The fraction of sp³-hybridized carbons (Fsp3) is 0.417. The number of ether oxygens (including phenoxy) is 1. The topological polar surface area (TPSA) is 41.8 Å². The molecule has 80 valence electrons. The summed E-state index contributed by atoms with van der Waals surface area (Å²) in [6.45, 7) is 2.63. The van der Waals surface area contributed by atoms with E-state index in [9.17, 15) is 0 Å². The summed E-state index contributed by atoms with van der Waals surface area (Å²) in [5, 5.41) is 12.3. The van der Waals surface area contributed by atoms with Gasteiger partial charge >= 0.3 is 0 Å². The first-order valence-corrected chi connectivity index (χ1v) is 5.30. The fourth-order valence-electron chi connectivity index (χ4n) is 1.62. The predicted octanol–water partition coefficient (Wildman–Crippen LogP) is 2.67. The summed E-state index contributed by atoms with van der Waals surface area (Å²) in [5.41, 5.74) is 1.79. The molecular formula is C12H15NO2. The van der Waals surface area contributed by atoms with Gasteiger partial charge in [0.1, 0.15) is 5.75 Å². The Kier molecular flexibility index (Phi) is 2.90. The second-order valence-electron chi connectivity index (χ2n) is 3.72. The summed E-state index contributed by atoms with van der Waals surface area (Å²) in [5.74, 6) is 1.31. The van der Waals surface area contributed by atoms with Gasteiger partial charge in [-0.25, -0.2) is 0 Å². The minimum absolute atomic E-state index is 0.452. The van der Waals surface area contributed by atoms with Crippen molar-refractivity contribution in [3.63, 3.8) is 0 Å². The van der Waals surface area contributed by atoms with E-state index in [1.165, 1.54) is 0 Å². The lowest BCUT2D eigenvalue weighted by molar-refractivity contribution is 0.317. The van der Waals surface area contributed by atoms with E-state index in [4.69, 9.17) is 9.94 Å². The number of nitrogens with zero attached hydrogens (tertiary/aromatic N) is 1. The van der Waals surface area contributed by atoms with Crippen LogP contribution < -0.4 is 4.74 Å². The van der Waals surface area contributed by atoms with E-state index in [1.807, 2.05) is 31.2 Å². The average molecular weight is 205 g/mol. The zero-order chi connectivity index (χ0) is 10.7. The van der Waals surface area contributed by atoms with Gasteiger partial charge in [0.25, 0.3) is 0 Å². The highest BCUT2D eigenvalue weighted by Gasteiger charge is 2.29. The van der Waals surface area contributed by atoms with Gasteiger partial charge in [0, 0.05) is 5.92 Å². The van der Waals surface area contributed by atoms with Crippen LogP contribution in [0.4, 0.5) is 0 Å². The molecule has 0 atom stereocenters. The Hall–Kier alpha value is -1.51. The Bertz CT molecular complexity index is 352. The van der Waals surface area contributed by atoms with Crippen molar-refractivity contribution in [1.82, 2.24) is 0 Å². The molecule has 3 nitrogen and oxygen atoms in total. The van der Waals surface area contributed by atoms with Crippen LogP contribution in [0.3, 0.4) is 0 Å². The van der Waals surface area contributed by atoms with Crippen molar-refractivity contribution in [2.24, 2.45) is 11.1 Å². The molecule has 1 aromatic rings. The SMILES string of the molecule is CCOc1ccc(/C(=N/O)C2CC2)cc1. The maximum Gasteiger partial charge on any atom is 0.119 e. The largest absolute Gasteiger partial charge is 0.494 e. The van der Waals surface area contributed by atoms with Gasteiger partial charge < -0.3 is 9.94 Å². The molecule has 1 aromatic carbocycles. The van der Waals surface area contributed by atoms with Crippen LogP contribution in [0.25, 0.3) is 0 Å². The van der Waals surface area contributed by atoms with Crippen molar-refractivity contribution in [3.8, 4) is 5.75 Å². The lowest BCUT2D eigenvalue weighted by Crippen LogP contribution is -2.03. The lowest BCUT2D eigenvalue weighted by Gasteiger charge is -2.05. The molecule has 1 aliphatic rings. The smallest absolute Gasteiger partial charge is 0.119 e. The molecule has 0 amide bonds. The Labute approximate surface area is 89.4 Å². The first-order valence-electron chi connectivity index (χ1n) is 5.30. The van der Waals surface area contributed by atoms with Crippen molar-refractivity contribution < 1.29 is 9.94 Å². The average Bonchev–Trinajstić information content (AvgIpc) is 3.06. The van der Waals surface area contributed by atoms with Crippen LogP contribution in [-0.2, 0) is 0 Å². The van der Waals surface area contributed by atoms with E-state index in [2.05, 4.69) is 5.16 Å². The number of rotatable bonds is 4. The van der Waals surface area contributed by atoms with E-state index in [0.717, 1.165) is 29.9 Å². The van der Waals surface area contributed by atoms with Crippen molar-refractivity contribution in [1.29, 1.82) is 0 Å². The molecule has 0 aliphatic heterocycles. The minimum atomic E-state index is 0.452. The quantitative estimate of drug-likeness (QED) is 0.466. The summed E-state index contributed by atoms with van der Waals surface area (Å²) in [4.78, 5) is 0. The van der Waals surface area contributed by atoms with Crippen LogP contribution in [0.2, 0.25) is 0 Å². The van der Waals surface area contributed by atoms with E-state index in [0.29, 0.717) is 12.5 Å². The number of oxime groups is 1. The molecule has 1 saturated carbocycles. The van der Waals surface area contributed by atoms with E-state index in [-0.39, 0.29) is 0 Å². The van der Waals surface area contributed by atoms with Gasteiger partial charge in [-0.05, 0) is 49.6 Å². The number of benzene rings is 1. The highest BCUT2D eigenvalue weighted by Crippen LogP contribution is 2.33. The van der Waals surface area contributed by atoms with Gasteiger partial charge in [-0.2, -0.15) is 0 Å². The van der Waals surface area contributed by atoms with Crippen molar-refractivity contribution in [3.05, 3.63) is 29.8 Å². The van der Waals surface area contributed by atoms with Crippen LogP contribution in [0.15, 0.2) is 29.4 Å². The van der Waals surface area contributed by atoms with Gasteiger partial charge in [0.15, 0.2) is 0 Å². The van der Waals surface area contributed by atoms with Gasteiger partial charge in [-0.3, -0.25) is 0 Å². The highest BCUT2D eigenvalue weighted by molar-refractivity contribution is 6.03. The van der Waals surface area contributed by atoms with Crippen LogP contribution in [0.1, 0.15) is 25.3 Å². The van der Waals surface area contributed by atoms with Gasteiger partial charge in [0.2, 0.25) is 0 Å². The summed E-state index contributed by atoms with van der Waals surface area (Å²) < 4.78 is 5.35. The van der Waals surface area contributed by atoms with Crippen LogP contribution in [0.5, 0.6) is 5.75 Å². The Balaban J connectivity index is 2.14. The molecule has 3 heteroatoms. The highest BCUT2D eigenvalue weighted by atomic mass is 16.5. The first-order chi connectivity index (χ1) is 7.35. The third kappa shape index (κ3) is 2.29. The van der Waals surface area contributed by atoms with E-state index in [1.54, 1.807) is 0 Å².